The van der Waals surface area contributed by atoms with Crippen LogP contribution in [0.3, 0.4) is 0 Å². The Balaban J connectivity index is 1.54. The van der Waals surface area contributed by atoms with Crippen LogP contribution in [0.15, 0.2) is 48.5 Å². The van der Waals surface area contributed by atoms with Crippen molar-refractivity contribution in [3.63, 3.8) is 0 Å². The Bertz CT molecular complexity index is 797. The third kappa shape index (κ3) is 3.42. The molecule has 1 heterocycles. The molecular weight excluding hydrogens is 332 g/mol. The molecule has 128 valence electrons. The van der Waals surface area contributed by atoms with Crippen LogP contribution in [0.2, 0.25) is 0 Å². The number of hydrogen-bond acceptors (Lipinski definition) is 3. The normalized spacial score (nSPS) is 20.0. The molecule has 1 saturated carbocycles. The minimum atomic E-state index is -0.0246. The number of hydrogen-bond donors (Lipinski definition) is 1. The van der Waals surface area contributed by atoms with E-state index in [0.717, 1.165) is 29.8 Å². The average Bonchev–Trinajstić information content (AvgIpc) is 3.40. The number of carbonyl (C=O) groups is 2. The first-order valence-corrected chi connectivity index (χ1v) is 9.58. The number of thioether (sulfide) groups is 1. The van der Waals surface area contributed by atoms with Gasteiger partial charge in [-0.2, -0.15) is 0 Å². The highest BCUT2D eigenvalue weighted by molar-refractivity contribution is 8.00. The molecule has 2 amide bonds. The first kappa shape index (κ1) is 16.2. The molecule has 25 heavy (non-hydrogen) atoms. The van der Waals surface area contributed by atoms with Crippen LogP contribution in [0.1, 0.15) is 29.3 Å². The number of aryl methyl sites for hydroxylation is 1. The van der Waals surface area contributed by atoms with Crippen molar-refractivity contribution in [1.29, 1.82) is 0 Å². The lowest BCUT2D eigenvalue weighted by Gasteiger charge is -2.24. The summed E-state index contributed by atoms with van der Waals surface area (Å²) >= 11 is 1.63. The van der Waals surface area contributed by atoms with Crippen molar-refractivity contribution in [3.05, 3.63) is 59.7 Å². The zero-order valence-electron chi connectivity index (χ0n) is 14.1. The van der Waals surface area contributed by atoms with Gasteiger partial charge in [-0.25, -0.2) is 0 Å². The standard InChI is InChI=1S/C20H20N2O2S/c1-13-2-10-17(11-3-13)22-18(23)12-25-20(22)15-6-8-16(9-7-15)21-19(24)14-4-5-14/h2-3,6-11,14,20H,4-5,12H2,1H3,(H,21,24)/t20-/m1/s1. The van der Waals surface area contributed by atoms with E-state index in [-0.39, 0.29) is 23.1 Å². The highest BCUT2D eigenvalue weighted by Gasteiger charge is 2.34. The van der Waals surface area contributed by atoms with Crippen LogP contribution >= 0.6 is 11.8 Å². The van der Waals surface area contributed by atoms with Crippen molar-refractivity contribution >= 4 is 35.0 Å². The second-order valence-corrected chi connectivity index (χ2v) is 7.72. The molecule has 2 aromatic carbocycles. The first-order chi connectivity index (χ1) is 12.1. The topological polar surface area (TPSA) is 49.4 Å². The summed E-state index contributed by atoms with van der Waals surface area (Å²) in [5.41, 5.74) is 3.99. The molecule has 1 N–H and O–H groups in total. The van der Waals surface area contributed by atoms with Crippen LogP contribution in [0.4, 0.5) is 11.4 Å². The van der Waals surface area contributed by atoms with Crippen LogP contribution in [0.25, 0.3) is 0 Å². The number of anilines is 2. The summed E-state index contributed by atoms with van der Waals surface area (Å²) in [7, 11) is 0. The average molecular weight is 352 g/mol. The van der Waals surface area contributed by atoms with Crippen molar-refractivity contribution in [2.45, 2.75) is 25.1 Å². The number of amides is 2. The van der Waals surface area contributed by atoms with E-state index in [1.807, 2.05) is 60.4 Å². The van der Waals surface area contributed by atoms with Gasteiger partial charge in [-0.3, -0.25) is 14.5 Å². The molecule has 2 aliphatic rings. The molecule has 0 unspecified atom stereocenters. The Kier molecular flexibility index (Phi) is 4.25. The third-order valence-electron chi connectivity index (χ3n) is 4.59. The molecule has 0 radical (unpaired) electrons. The number of rotatable bonds is 4. The van der Waals surface area contributed by atoms with Gasteiger partial charge < -0.3 is 5.32 Å². The summed E-state index contributed by atoms with van der Waals surface area (Å²) in [4.78, 5) is 26.1. The summed E-state index contributed by atoms with van der Waals surface area (Å²) in [6.07, 6.45) is 1.99. The Morgan fingerprint density at radius 1 is 1.08 bits per heavy atom. The molecule has 2 aromatic rings. The zero-order chi connectivity index (χ0) is 17.4. The summed E-state index contributed by atoms with van der Waals surface area (Å²) in [6.45, 7) is 2.04. The summed E-state index contributed by atoms with van der Waals surface area (Å²) in [5, 5.41) is 2.93. The van der Waals surface area contributed by atoms with Gasteiger partial charge in [-0.05, 0) is 49.6 Å². The predicted molar refractivity (Wildman–Crippen MR) is 102 cm³/mol. The molecule has 0 aromatic heterocycles. The van der Waals surface area contributed by atoms with Crippen LogP contribution in [-0.2, 0) is 9.59 Å². The van der Waals surface area contributed by atoms with Gasteiger partial charge in [0.05, 0.1) is 5.75 Å². The lowest BCUT2D eigenvalue weighted by molar-refractivity contribution is -0.117. The van der Waals surface area contributed by atoms with Crippen molar-refractivity contribution < 1.29 is 9.59 Å². The second-order valence-electron chi connectivity index (χ2n) is 6.65. The lowest BCUT2D eigenvalue weighted by atomic mass is 10.1. The molecule has 5 heteroatoms. The molecule has 2 fully saturated rings. The maximum absolute atomic E-state index is 12.4. The smallest absolute Gasteiger partial charge is 0.238 e. The van der Waals surface area contributed by atoms with Gasteiger partial charge >= 0.3 is 0 Å². The van der Waals surface area contributed by atoms with Crippen molar-refractivity contribution in [3.8, 4) is 0 Å². The molecule has 4 rings (SSSR count). The number of nitrogens with one attached hydrogen (secondary N) is 1. The van der Waals surface area contributed by atoms with E-state index in [0.29, 0.717) is 5.75 Å². The van der Waals surface area contributed by atoms with Crippen LogP contribution < -0.4 is 10.2 Å². The van der Waals surface area contributed by atoms with E-state index in [1.165, 1.54) is 5.56 Å². The van der Waals surface area contributed by atoms with Gasteiger partial charge in [0.1, 0.15) is 5.37 Å². The van der Waals surface area contributed by atoms with Crippen LogP contribution in [-0.4, -0.2) is 17.6 Å². The summed E-state index contributed by atoms with van der Waals surface area (Å²) in [6, 6.07) is 15.9. The van der Waals surface area contributed by atoms with Gasteiger partial charge in [-0.15, -0.1) is 11.8 Å². The fourth-order valence-corrected chi connectivity index (χ4v) is 4.15. The molecule has 4 nitrogen and oxygen atoms in total. The van der Waals surface area contributed by atoms with Crippen molar-refractivity contribution in [1.82, 2.24) is 0 Å². The Hall–Kier alpha value is -2.27. The van der Waals surface area contributed by atoms with Gasteiger partial charge in [0.15, 0.2) is 0 Å². The molecule has 1 aliphatic heterocycles. The van der Waals surface area contributed by atoms with Crippen molar-refractivity contribution in [2.75, 3.05) is 16.0 Å². The molecule has 0 bridgehead atoms. The summed E-state index contributed by atoms with van der Waals surface area (Å²) in [5.74, 6) is 0.919. The maximum atomic E-state index is 12.4. The van der Waals surface area contributed by atoms with E-state index in [9.17, 15) is 9.59 Å². The van der Waals surface area contributed by atoms with Crippen LogP contribution in [0, 0.1) is 12.8 Å². The van der Waals surface area contributed by atoms with Crippen molar-refractivity contribution in [2.24, 2.45) is 5.92 Å². The first-order valence-electron chi connectivity index (χ1n) is 8.53. The predicted octanol–water partition coefficient (Wildman–Crippen LogP) is 4.12. The fraction of sp³-hybridized carbons (Fsp3) is 0.300. The van der Waals surface area contributed by atoms with E-state index in [1.54, 1.807) is 11.8 Å². The quantitative estimate of drug-likeness (QED) is 0.900. The van der Waals surface area contributed by atoms with E-state index >= 15 is 0 Å². The zero-order valence-corrected chi connectivity index (χ0v) is 14.9. The minimum absolute atomic E-state index is 0.0246. The Morgan fingerprint density at radius 3 is 2.40 bits per heavy atom. The monoisotopic (exact) mass is 352 g/mol. The molecule has 0 spiro atoms. The van der Waals surface area contributed by atoms with E-state index < -0.39 is 0 Å². The molecular formula is C20H20N2O2S. The van der Waals surface area contributed by atoms with Gasteiger partial charge in [-0.1, -0.05) is 29.8 Å². The largest absolute Gasteiger partial charge is 0.326 e. The third-order valence-corrected chi connectivity index (χ3v) is 5.80. The van der Waals surface area contributed by atoms with Crippen LogP contribution in [0.5, 0.6) is 0 Å². The number of carbonyl (C=O) groups excluding carboxylic acids is 2. The van der Waals surface area contributed by atoms with E-state index in [4.69, 9.17) is 0 Å². The highest BCUT2D eigenvalue weighted by Crippen LogP contribution is 2.42. The molecule has 1 atom stereocenters. The number of nitrogens with zero attached hydrogens (tertiary/aromatic N) is 1. The number of benzene rings is 2. The van der Waals surface area contributed by atoms with E-state index in [2.05, 4.69) is 5.32 Å². The Labute approximate surface area is 151 Å². The van der Waals surface area contributed by atoms with Gasteiger partial charge in [0.25, 0.3) is 0 Å². The summed E-state index contributed by atoms with van der Waals surface area (Å²) < 4.78 is 0. The fourth-order valence-electron chi connectivity index (χ4n) is 2.98. The molecule has 1 saturated heterocycles. The Morgan fingerprint density at radius 2 is 1.76 bits per heavy atom. The second kappa shape index (κ2) is 6.56. The van der Waals surface area contributed by atoms with Gasteiger partial charge in [0, 0.05) is 17.3 Å². The maximum Gasteiger partial charge on any atom is 0.238 e. The minimum Gasteiger partial charge on any atom is -0.326 e. The highest BCUT2D eigenvalue weighted by atomic mass is 32.2. The lowest BCUT2D eigenvalue weighted by Crippen LogP contribution is -2.27. The molecule has 1 aliphatic carbocycles. The van der Waals surface area contributed by atoms with Gasteiger partial charge in [0.2, 0.25) is 11.8 Å². The SMILES string of the molecule is Cc1ccc(N2C(=O)CS[C@@H]2c2ccc(NC(=O)C3CC3)cc2)cc1.